The Kier molecular flexibility index (Phi) is 10.3. The molecule has 0 radical (unpaired) electrons. The van der Waals surface area contributed by atoms with Crippen molar-refractivity contribution in [3.63, 3.8) is 0 Å². The SMILES string of the molecule is C=CCOc1cccc(/C=N\NC(=O)CN(CCc2ccccc2)S(=O)(=O)c2ccc(NC(C)=O)cc2)c1. The molecule has 198 valence electrons. The van der Waals surface area contributed by atoms with Crippen molar-refractivity contribution in [3.05, 3.63) is 103 Å². The Morgan fingerprint density at radius 3 is 2.45 bits per heavy atom. The standard InChI is InChI=1S/C28H30N4O5S/c1-3-18-37-26-11-7-10-24(19-26)20-29-31-28(34)21-32(17-16-23-8-5-4-6-9-23)38(35,36)27-14-12-25(13-15-27)30-22(2)33/h3-15,19-20H,1,16-18,21H2,2H3,(H,30,33)(H,31,34)/b29-20-. The monoisotopic (exact) mass is 534 g/mol. The zero-order chi connectivity index (χ0) is 27.4. The highest BCUT2D eigenvalue weighted by atomic mass is 32.2. The van der Waals surface area contributed by atoms with E-state index in [9.17, 15) is 18.0 Å². The topological polar surface area (TPSA) is 117 Å². The maximum atomic E-state index is 13.4. The summed E-state index contributed by atoms with van der Waals surface area (Å²) in [6, 6.07) is 22.3. The smallest absolute Gasteiger partial charge is 0.255 e. The van der Waals surface area contributed by atoms with E-state index in [1.165, 1.54) is 37.4 Å². The van der Waals surface area contributed by atoms with E-state index in [4.69, 9.17) is 4.74 Å². The van der Waals surface area contributed by atoms with Gasteiger partial charge < -0.3 is 10.1 Å². The predicted octanol–water partition coefficient (Wildman–Crippen LogP) is 3.59. The summed E-state index contributed by atoms with van der Waals surface area (Å²) in [5.74, 6) is -0.229. The third-order valence-corrected chi connectivity index (χ3v) is 7.11. The van der Waals surface area contributed by atoms with Gasteiger partial charge in [0.2, 0.25) is 15.9 Å². The minimum Gasteiger partial charge on any atom is -0.490 e. The molecule has 0 saturated heterocycles. The van der Waals surface area contributed by atoms with Crippen molar-refractivity contribution in [3.8, 4) is 5.75 Å². The highest BCUT2D eigenvalue weighted by molar-refractivity contribution is 7.89. The minimum atomic E-state index is -4.02. The molecule has 0 heterocycles. The van der Waals surface area contributed by atoms with Crippen molar-refractivity contribution in [2.45, 2.75) is 18.2 Å². The predicted molar refractivity (Wildman–Crippen MR) is 148 cm³/mol. The third-order valence-electron chi connectivity index (χ3n) is 5.25. The van der Waals surface area contributed by atoms with Crippen LogP contribution in [0.1, 0.15) is 18.1 Å². The first-order chi connectivity index (χ1) is 18.3. The zero-order valence-electron chi connectivity index (χ0n) is 21.0. The highest BCUT2D eigenvalue weighted by Crippen LogP contribution is 2.19. The van der Waals surface area contributed by atoms with Gasteiger partial charge in [0.1, 0.15) is 12.4 Å². The lowest BCUT2D eigenvalue weighted by Crippen LogP contribution is -2.40. The van der Waals surface area contributed by atoms with Gasteiger partial charge >= 0.3 is 0 Å². The summed E-state index contributed by atoms with van der Waals surface area (Å²) in [5, 5.41) is 6.57. The Morgan fingerprint density at radius 1 is 1.03 bits per heavy atom. The molecule has 38 heavy (non-hydrogen) atoms. The molecule has 3 aromatic rings. The maximum absolute atomic E-state index is 13.4. The number of sulfonamides is 1. The van der Waals surface area contributed by atoms with Gasteiger partial charge in [0.05, 0.1) is 17.7 Å². The van der Waals surface area contributed by atoms with Gasteiger partial charge in [-0.05, 0) is 53.9 Å². The van der Waals surface area contributed by atoms with E-state index in [0.29, 0.717) is 30.0 Å². The number of carbonyl (C=O) groups excluding carboxylic acids is 2. The molecule has 0 aliphatic carbocycles. The molecule has 0 aromatic heterocycles. The molecule has 0 saturated carbocycles. The molecule has 10 heteroatoms. The molecule has 0 atom stereocenters. The van der Waals surface area contributed by atoms with E-state index in [2.05, 4.69) is 22.4 Å². The van der Waals surface area contributed by atoms with Crippen LogP contribution in [0.5, 0.6) is 5.75 Å². The van der Waals surface area contributed by atoms with E-state index in [1.807, 2.05) is 30.3 Å². The largest absolute Gasteiger partial charge is 0.490 e. The fourth-order valence-corrected chi connectivity index (χ4v) is 4.86. The number of carbonyl (C=O) groups is 2. The summed E-state index contributed by atoms with van der Waals surface area (Å²) >= 11 is 0. The van der Waals surface area contributed by atoms with Crippen LogP contribution in [-0.2, 0) is 26.0 Å². The van der Waals surface area contributed by atoms with Gasteiger partial charge in [0, 0.05) is 19.2 Å². The number of amides is 2. The Balaban J connectivity index is 1.72. The van der Waals surface area contributed by atoms with Crippen LogP contribution in [0.4, 0.5) is 5.69 Å². The lowest BCUT2D eigenvalue weighted by atomic mass is 10.1. The number of nitrogens with zero attached hydrogens (tertiary/aromatic N) is 2. The maximum Gasteiger partial charge on any atom is 0.255 e. The summed E-state index contributed by atoms with van der Waals surface area (Å²) in [4.78, 5) is 24.0. The number of anilines is 1. The zero-order valence-corrected chi connectivity index (χ0v) is 21.9. The second kappa shape index (κ2) is 13.9. The van der Waals surface area contributed by atoms with Crippen molar-refractivity contribution in [1.82, 2.24) is 9.73 Å². The van der Waals surface area contributed by atoms with Gasteiger partial charge in [-0.25, -0.2) is 13.8 Å². The Labute approximate surface area is 222 Å². The molecule has 0 aliphatic rings. The van der Waals surface area contributed by atoms with Crippen molar-refractivity contribution >= 4 is 33.7 Å². The quantitative estimate of drug-likeness (QED) is 0.197. The molecule has 2 amide bonds. The number of benzene rings is 3. The van der Waals surface area contributed by atoms with Crippen LogP contribution in [-0.4, -0.2) is 50.4 Å². The summed E-state index contributed by atoms with van der Waals surface area (Å²) in [6.07, 6.45) is 3.50. The molecule has 2 N–H and O–H groups in total. The Bertz CT molecular complexity index is 1370. The number of hydrogen-bond acceptors (Lipinski definition) is 6. The molecule has 0 bridgehead atoms. The lowest BCUT2D eigenvalue weighted by Gasteiger charge is -2.21. The van der Waals surface area contributed by atoms with Crippen LogP contribution in [0, 0.1) is 0 Å². The van der Waals surface area contributed by atoms with Gasteiger partial charge in [-0.2, -0.15) is 9.41 Å². The summed E-state index contributed by atoms with van der Waals surface area (Å²) in [5.41, 5.74) is 4.50. The van der Waals surface area contributed by atoms with E-state index in [-0.39, 0.29) is 17.3 Å². The van der Waals surface area contributed by atoms with Crippen LogP contribution >= 0.6 is 0 Å². The second-order valence-corrected chi connectivity index (χ2v) is 10.2. The number of hydrazone groups is 1. The molecule has 0 spiro atoms. The first-order valence-electron chi connectivity index (χ1n) is 11.9. The van der Waals surface area contributed by atoms with Crippen molar-refractivity contribution in [2.24, 2.45) is 5.10 Å². The van der Waals surface area contributed by atoms with E-state index in [1.54, 1.807) is 30.3 Å². The van der Waals surface area contributed by atoms with Crippen LogP contribution < -0.4 is 15.5 Å². The van der Waals surface area contributed by atoms with E-state index in [0.717, 1.165) is 9.87 Å². The van der Waals surface area contributed by atoms with Crippen LogP contribution in [0.15, 0.2) is 102 Å². The molecule has 0 aliphatic heterocycles. The lowest BCUT2D eigenvalue weighted by molar-refractivity contribution is -0.121. The van der Waals surface area contributed by atoms with Gasteiger partial charge in [0.25, 0.3) is 5.91 Å². The average molecular weight is 535 g/mol. The fraction of sp³-hybridized carbons (Fsp3) is 0.179. The van der Waals surface area contributed by atoms with Gasteiger partial charge in [0.15, 0.2) is 0 Å². The molecule has 0 unspecified atom stereocenters. The Morgan fingerprint density at radius 2 is 1.76 bits per heavy atom. The second-order valence-electron chi connectivity index (χ2n) is 8.25. The summed E-state index contributed by atoms with van der Waals surface area (Å²) in [7, 11) is -4.02. The minimum absolute atomic E-state index is 0.00676. The number of hydrogen-bond donors (Lipinski definition) is 2. The molecule has 3 rings (SSSR count). The van der Waals surface area contributed by atoms with Gasteiger partial charge in [-0.3, -0.25) is 9.59 Å². The fourth-order valence-electron chi connectivity index (χ4n) is 3.46. The molecular weight excluding hydrogens is 504 g/mol. The number of ether oxygens (including phenoxy) is 1. The molecule has 0 fully saturated rings. The molecule has 3 aromatic carbocycles. The summed E-state index contributed by atoms with van der Waals surface area (Å²) < 4.78 is 33.5. The Hall–Kier alpha value is -4.28. The average Bonchev–Trinajstić information content (AvgIpc) is 2.90. The first-order valence-corrected chi connectivity index (χ1v) is 13.3. The van der Waals surface area contributed by atoms with Crippen molar-refractivity contribution < 1.29 is 22.7 Å². The van der Waals surface area contributed by atoms with E-state index < -0.39 is 22.5 Å². The highest BCUT2D eigenvalue weighted by Gasteiger charge is 2.26. The van der Waals surface area contributed by atoms with Crippen LogP contribution in [0.25, 0.3) is 0 Å². The molecule has 9 nitrogen and oxygen atoms in total. The normalized spacial score (nSPS) is 11.3. The number of rotatable bonds is 13. The van der Waals surface area contributed by atoms with Crippen LogP contribution in [0.3, 0.4) is 0 Å². The van der Waals surface area contributed by atoms with Crippen LogP contribution in [0.2, 0.25) is 0 Å². The van der Waals surface area contributed by atoms with Crippen molar-refractivity contribution in [2.75, 3.05) is 25.0 Å². The van der Waals surface area contributed by atoms with E-state index >= 15 is 0 Å². The number of nitrogens with one attached hydrogen (secondary N) is 2. The first kappa shape index (κ1) is 28.3. The van der Waals surface area contributed by atoms with Gasteiger partial charge in [-0.1, -0.05) is 55.1 Å². The summed E-state index contributed by atoms with van der Waals surface area (Å²) in [6.45, 7) is 4.99. The molecular formula is C28H30N4O5S. The van der Waals surface area contributed by atoms with Gasteiger partial charge in [-0.15, -0.1) is 0 Å². The van der Waals surface area contributed by atoms with Crippen molar-refractivity contribution in [1.29, 1.82) is 0 Å². The third kappa shape index (κ3) is 8.68.